The van der Waals surface area contributed by atoms with Crippen LogP contribution in [0, 0.1) is 11.8 Å². The number of hydrogen-bond acceptors (Lipinski definition) is 1. The summed E-state index contributed by atoms with van der Waals surface area (Å²) in [6.45, 7) is 4.79. The van der Waals surface area contributed by atoms with Gasteiger partial charge in [0.1, 0.15) is 6.17 Å². The maximum absolute atomic E-state index is 13.4. The molecule has 1 rings (SSSR count). The van der Waals surface area contributed by atoms with Crippen LogP contribution in [-0.2, 0) is 0 Å². The average Bonchev–Trinajstić information content (AvgIpc) is 2.06. The minimum atomic E-state index is -1.39. The lowest BCUT2D eigenvalue weighted by Crippen LogP contribution is -2.46. The summed E-state index contributed by atoms with van der Waals surface area (Å²) in [5, 5.41) is 0. The van der Waals surface area contributed by atoms with Gasteiger partial charge in [-0.05, 0) is 31.7 Å². The average molecular weight is 191 g/mol. The molecule has 0 N–H and O–H groups in total. The lowest BCUT2D eigenvalue weighted by molar-refractivity contribution is -0.0407. The minimum Gasteiger partial charge on any atom is -0.275 e. The summed E-state index contributed by atoms with van der Waals surface area (Å²) in [5.74, 6) is 0.380. The van der Waals surface area contributed by atoms with Crippen LogP contribution >= 0.6 is 0 Å². The van der Waals surface area contributed by atoms with Gasteiger partial charge in [0, 0.05) is 6.54 Å². The molecule has 0 aromatic carbocycles. The standard InChI is InChI=1S/C10H19F2N/c1-7(2)6-8-4-5-13(3)10(12)9(8)11/h7-10H,4-6H2,1-3H3. The first-order chi connectivity index (χ1) is 6.02. The van der Waals surface area contributed by atoms with Crippen LogP contribution in [-0.4, -0.2) is 31.0 Å². The van der Waals surface area contributed by atoms with Crippen LogP contribution < -0.4 is 0 Å². The second kappa shape index (κ2) is 4.36. The highest BCUT2D eigenvalue weighted by atomic mass is 19.2. The van der Waals surface area contributed by atoms with Crippen molar-refractivity contribution < 1.29 is 8.78 Å². The fraction of sp³-hybridized carbons (Fsp3) is 1.00. The highest BCUT2D eigenvalue weighted by Gasteiger charge is 2.36. The molecule has 0 radical (unpaired) electrons. The zero-order valence-corrected chi connectivity index (χ0v) is 8.63. The Bertz CT molecular complexity index is 161. The Morgan fingerprint density at radius 3 is 2.54 bits per heavy atom. The van der Waals surface area contributed by atoms with Crippen molar-refractivity contribution in [3.63, 3.8) is 0 Å². The van der Waals surface area contributed by atoms with Crippen LogP contribution in [0.3, 0.4) is 0 Å². The van der Waals surface area contributed by atoms with Crippen LogP contribution in [0.4, 0.5) is 8.78 Å². The van der Waals surface area contributed by atoms with Gasteiger partial charge in [-0.25, -0.2) is 8.78 Å². The van der Waals surface area contributed by atoms with Gasteiger partial charge in [0.15, 0.2) is 6.30 Å². The number of nitrogens with zero attached hydrogens (tertiary/aromatic N) is 1. The highest BCUT2D eigenvalue weighted by Crippen LogP contribution is 2.30. The molecule has 0 aromatic rings. The topological polar surface area (TPSA) is 3.24 Å². The molecule has 0 aromatic heterocycles. The molecule has 0 amide bonds. The smallest absolute Gasteiger partial charge is 0.185 e. The predicted molar refractivity (Wildman–Crippen MR) is 50.0 cm³/mol. The van der Waals surface area contributed by atoms with Crippen molar-refractivity contribution in [2.45, 2.75) is 39.2 Å². The Balaban J connectivity index is 2.48. The third-order valence-corrected chi connectivity index (χ3v) is 2.76. The summed E-state index contributed by atoms with van der Waals surface area (Å²) < 4.78 is 26.7. The summed E-state index contributed by atoms with van der Waals surface area (Å²) in [6, 6.07) is 0. The SMILES string of the molecule is CC(C)CC1CCN(C)C(F)C1F. The maximum atomic E-state index is 13.4. The number of piperidine rings is 1. The lowest BCUT2D eigenvalue weighted by Gasteiger charge is -2.36. The van der Waals surface area contributed by atoms with Crippen LogP contribution in [0.5, 0.6) is 0 Å². The molecule has 1 aliphatic heterocycles. The first-order valence-electron chi connectivity index (χ1n) is 5.00. The molecular formula is C10H19F2N. The largest absolute Gasteiger partial charge is 0.275 e. The summed E-state index contributed by atoms with van der Waals surface area (Å²) in [6.07, 6.45) is -1.09. The molecule has 0 aliphatic carbocycles. The van der Waals surface area contributed by atoms with Gasteiger partial charge >= 0.3 is 0 Å². The number of likely N-dealkylation sites (tertiary alicyclic amines) is 1. The normalized spacial score (nSPS) is 36.9. The van der Waals surface area contributed by atoms with E-state index in [4.69, 9.17) is 0 Å². The summed E-state index contributed by atoms with van der Waals surface area (Å²) in [4.78, 5) is 1.46. The van der Waals surface area contributed by atoms with E-state index in [0.29, 0.717) is 12.5 Å². The molecule has 3 atom stereocenters. The van der Waals surface area contributed by atoms with E-state index in [-0.39, 0.29) is 5.92 Å². The predicted octanol–water partition coefficient (Wildman–Crippen LogP) is 2.62. The van der Waals surface area contributed by atoms with Gasteiger partial charge in [-0.15, -0.1) is 0 Å². The zero-order chi connectivity index (χ0) is 10.0. The Morgan fingerprint density at radius 1 is 1.38 bits per heavy atom. The second-order valence-electron chi connectivity index (χ2n) is 4.48. The molecule has 13 heavy (non-hydrogen) atoms. The van der Waals surface area contributed by atoms with Crippen LogP contribution in [0.15, 0.2) is 0 Å². The van der Waals surface area contributed by atoms with Crippen molar-refractivity contribution in [3.8, 4) is 0 Å². The fourth-order valence-electron chi connectivity index (χ4n) is 1.97. The summed E-state index contributed by atoms with van der Waals surface area (Å²) in [5.41, 5.74) is 0. The Kier molecular flexibility index (Phi) is 3.65. The Morgan fingerprint density at radius 2 is 2.00 bits per heavy atom. The highest BCUT2D eigenvalue weighted by molar-refractivity contribution is 4.82. The molecule has 1 fully saturated rings. The van der Waals surface area contributed by atoms with Gasteiger partial charge in [-0.2, -0.15) is 0 Å². The van der Waals surface area contributed by atoms with E-state index in [1.165, 1.54) is 4.90 Å². The molecule has 0 bridgehead atoms. The molecule has 0 spiro atoms. The van der Waals surface area contributed by atoms with Crippen molar-refractivity contribution >= 4 is 0 Å². The van der Waals surface area contributed by atoms with Crippen LogP contribution in [0.1, 0.15) is 26.7 Å². The summed E-state index contributed by atoms with van der Waals surface area (Å²) >= 11 is 0. The number of halogens is 2. The third-order valence-electron chi connectivity index (χ3n) is 2.76. The first kappa shape index (κ1) is 10.9. The van der Waals surface area contributed by atoms with E-state index >= 15 is 0 Å². The summed E-state index contributed by atoms with van der Waals surface area (Å²) in [7, 11) is 1.64. The van der Waals surface area contributed by atoms with Gasteiger partial charge in [-0.1, -0.05) is 13.8 Å². The van der Waals surface area contributed by atoms with Gasteiger partial charge in [0.05, 0.1) is 0 Å². The molecule has 1 aliphatic rings. The molecule has 3 heteroatoms. The van der Waals surface area contributed by atoms with Crippen molar-refractivity contribution in [2.75, 3.05) is 13.6 Å². The molecule has 1 nitrogen and oxygen atoms in total. The second-order valence-corrected chi connectivity index (χ2v) is 4.48. The van der Waals surface area contributed by atoms with Crippen molar-refractivity contribution in [2.24, 2.45) is 11.8 Å². The lowest BCUT2D eigenvalue weighted by atomic mass is 9.87. The molecule has 1 saturated heterocycles. The molecule has 1 heterocycles. The van der Waals surface area contributed by atoms with E-state index in [2.05, 4.69) is 13.8 Å². The fourth-order valence-corrected chi connectivity index (χ4v) is 1.97. The minimum absolute atomic E-state index is 0.0776. The van der Waals surface area contributed by atoms with E-state index in [9.17, 15) is 8.78 Å². The van der Waals surface area contributed by atoms with Crippen LogP contribution in [0.2, 0.25) is 0 Å². The number of alkyl halides is 2. The van der Waals surface area contributed by atoms with Gasteiger partial charge in [-0.3, -0.25) is 4.90 Å². The molecule has 78 valence electrons. The third kappa shape index (κ3) is 2.63. The van der Waals surface area contributed by atoms with Gasteiger partial charge in [0.2, 0.25) is 0 Å². The van der Waals surface area contributed by atoms with Gasteiger partial charge in [0.25, 0.3) is 0 Å². The number of rotatable bonds is 2. The van der Waals surface area contributed by atoms with E-state index < -0.39 is 12.5 Å². The molecule has 3 unspecified atom stereocenters. The zero-order valence-electron chi connectivity index (χ0n) is 8.63. The van der Waals surface area contributed by atoms with Crippen LogP contribution in [0.25, 0.3) is 0 Å². The monoisotopic (exact) mass is 191 g/mol. The van der Waals surface area contributed by atoms with E-state index in [0.717, 1.165) is 12.8 Å². The Labute approximate surface area is 79.1 Å². The quantitative estimate of drug-likeness (QED) is 0.606. The van der Waals surface area contributed by atoms with Gasteiger partial charge < -0.3 is 0 Å². The van der Waals surface area contributed by atoms with Crippen molar-refractivity contribution in [1.82, 2.24) is 4.90 Å². The van der Waals surface area contributed by atoms with Crippen molar-refractivity contribution in [3.05, 3.63) is 0 Å². The van der Waals surface area contributed by atoms with Crippen molar-refractivity contribution in [1.29, 1.82) is 0 Å². The maximum Gasteiger partial charge on any atom is 0.185 e. The molecule has 0 saturated carbocycles. The number of hydrogen-bond donors (Lipinski definition) is 0. The van der Waals surface area contributed by atoms with E-state index in [1.54, 1.807) is 7.05 Å². The van der Waals surface area contributed by atoms with E-state index in [1.807, 2.05) is 0 Å². The first-order valence-corrected chi connectivity index (χ1v) is 5.00. The Hall–Kier alpha value is -0.180. The molecular weight excluding hydrogens is 172 g/mol.